The van der Waals surface area contributed by atoms with Crippen LogP contribution in [0.15, 0.2) is 71.8 Å². The standard InChI is InChI=1S/C27H26FN3O6S/c1-35-15-14-29-23(33)16-37-22-9-5-7-20(24(22)36-2)27-31(26(34)19-6-3-4-8-21(19)32)30-25(38-27)17-10-12-18(28)13-11-17/h3-13,27,32H,14-16H2,1-2H3,(H,29,33). The normalized spacial score (nSPS) is 14.7. The van der Waals surface area contributed by atoms with E-state index in [1.54, 1.807) is 49.6 Å². The van der Waals surface area contributed by atoms with Crippen molar-refractivity contribution in [2.45, 2.75) is 5.37 Å². The van der Waals surface area contributed by atoms with Gasteiger partial charge in [-0.05, 0) is 42.5 Å². The fraction of sp³-hybridized carbons (Fsp3) is 0.222. The highest BCUT2D eigenvalue weighted by Gasteiger charge is 2.37. The lowest BCUT2D eigenvalue weighted by Gasteiger charge is -2.24. The number of hydrazone groups is 1. The molecule has 198 valence electrons. The highest BCUT2D eigenvalue weighted by Crippen LogP contribution is 2.47. The lowest BCUT2D eigenvalue weighted by molar-refractivity contribution is -0.123. The number of nitrogens with zero attached hydrogens (tertiary/aromatic N) is 2. The summed E-state index contributed by atoms with van der Waals surface area (Å²) >= 11 is 1.26. The summed E-state index contributed by atoms with van der Waals surface area (Å²) in [6, 6.07) is 17.1. The number of para-hydroxylation sites is 2. The summed E-state index contributed by atoms with van der Waals surface area (Å²) in [6.07, 6.45) is 0. The molecule has 0 saturated carbocycles. The van der Waals surface area contributed by atoms with E-state index in [-0.39, 0.29) is 23.8 Å². The Bertz CT molecular complexity index is 1330. The Morgan fingerprint density at radius 1 is 1.08 bits per heavy atom. The molecule has 1 aliphatic heterocycles. The summed E-state index contributed by atoms with van der Waals surface area (Å²) in [5.74, 6) is -0.825. The molecule has 0 aromatic heterocycles. The Balaban J connectivity index is 1.67. The van der Waals surface area contributed by atoms with Crippen LogP contribution in [0.4, 0.5) is 4.39 Å². The van der Waals surface area contributed by atoms with Gasteiger partial charge in [-0.25, -0.2) is 9.40 Å². The molecule has 0 fully saturated rings. The number of phenols is 1. The average Bonchev–Trinajstić information content (AvgIpc) is 3.37. The van der Waals surface area contributed by atoms with Crippen LogP contribution < -0.4 is 14.8 Å². The third-order valence-electron chi connectivity index (χ3n) is 5.54. The van der Waals surface area contributed by atoms with E-state index in [1.165, 1.54) is 48.1 Å². The lowest BCUT2D eigenvalue weighted by Crippen LogP contribution is -2.31. The van der Waals surface area contributed by atoms with Crippen LogP contribution in [0.5, 0.6) is 17.2 Å². The van der Waals surface area contributed by atoms with Crippen molar-refractivity contribution in [3.63, 3.8) is 0 Å². The third kappa shape index (κ3) is 6.06. The van der Waals surface area contributed by atoms with Crippen molar-refractivity contribution < 1.29 is 33.3 Å². The summed E-state index contributed by atoms with van der Waals surface area (Å²) in [5, 5.41) is 18.6. The van der Waals surface area contributed by atoms with Crippen molar-refractivity contribution >= 4 is 28.6 Å². The van der Waals surface area contributed by atoms with E-state index >= 15 is 0 Å². The first-order valence-electron chi connectivity index (χ1n) is 11.6. The molecule has 3 aromatic carbocycles. The number of hydrogen-bond acceptors (Lipinski definition) is 8. The number of ether oxygens (including phenoxy) is 3. The Kier molecular flexibility index (Phi) is 8.82. The summed E-state index contributed by atoms with van der Waals surface area (Å²) in [6.45, 7) is 0.474. The van der Waals surface area contributed by atoms with Gasteiger partial charge in [0.05, 0.1) is 19.3 Å². The molecule has 3 aromatic rings. The maximum absolute atomic E-state index is 13.6. The van der Waals surface area contributed by atoms with Crippen LogP contribution in [0.3, 0.4) is 0 Å². The molecule has 4 rings (SSSR count). The second-order valence-electron chi connectivity index (χ2n) is 8.06. The molecular weight excluding hydrogens is 513 g/mol. The summed E-state index contributed by atoms with van der Waals surface area (Å²) in [5.41, 5.74) is 1.24. The number of benzene rings is 3. The van der Waals surface area contributed by atoms with E-state index < -0.39 is 17.1 Å². The minimum atomic E-state index is -0.712. The Hall–Kier alpha value is -4.09. The molecule has 1 atom stereocenters. The van der Waals surface area contributed by atoms with Crippen molar-refractivity contribution in [3.8, 4) is 17.2 Å². The van der Waals surface area contributed by atoms with Crippen LogP contribution in [0, 0.1) is 5.82 Å². The number of nitrogens with one attached hydrogen (secondary N) is 1. The Morgan fingerprint density at radius 3 is 2.55 bits per heavy atom. The molecule has 0 spiro atoms. The maximum Gasteiger partial charge on any atom is 0.279 e. The average molecular weight is 540 g/mol. The van der Waals surface area contributed by atoms with E-state index in [9.17, 15) is 19.1 Å². The van der Waals surface area contributed by atoms with E-state index in [2.05, 4.69) is 10.4 Å². The number of carbonyl (C=O) groups is 2. The van der Waals surface area contributed by atoms with Crippen molar-refractivity contribution in [1.29, 1.82) is 0 Å². The number of aromatic hydroxyl groups is 1. The molecule has 38 heavy (non-hydrogen) atoms. The molecular formula is C27H26FN3O6S. The number of carbonyl (C=O) groups excluding carboxylic acids is 2. The van der Waals surface area contributed by atoms with Crippen LogP contribution in [0.1, 0.15) is 26.9 Å². The van der Waals surface area contributed by atoms with E-state index in [1.807, 2.05) is 0 Å². The monoisotopic (exact) mass is 539 g/mol. The number of methoxy groups -OCH3 is 2. The molecule has 0 saturated heterocycles. The van der Waals surface area contributed by atoms with Gasteiger partial charge < -0.3 is 24.6 Å². The van der Waals surface area contributed by atoms with Crippen LogP contribution in [0.25, 0.3) is 0 Å². The highest BCUT2D eigenvalue weighted by atomic mass is 32.2. The number of halogens is 1. The number of hydrogen-bond donors (Lipinski definition) is 2. The van der Waals surface area contributed by atoms with Gasteiger partial charge in [-0.3, -0.25) is 9.59 Å². The molecule has 0 bridgehead atoms. The minimum Gasteiger partial charge on any atom is -0.507 e. The molecule has 2 N–H and O–H groups in total. The number of rotatable bonds is 10. The van der Waals surface area contributed by atoms with Crippen LogP contribution in [-0.4, -0.2) is 61.0 Å². The van der Waals surface area contributed by atoms with Crippen molar-refractivity contribution in [1.82, 2.24) is 10.3 Å². The predicted molar refractivity (Wildman–Crippen MR) is 141 cm³/mol. The molecule has 1 aliphatic rings. The van der Waals surface area contributed by atoms with E-state index in [4.69, 9.17) is 14.2 Å². The van der Waals surface area contributed by atoms with Gasteiger partial charge in [-0.1, -0.05) is 36.0 Å². The predicted octanol–water partition coefficient (Wildman–Crippen LogP) is 3.93. The molecule has 1 heterocycles. The SMILES string of the molecule is COCCNC(=O)COc1cccc(C2SC(c3ccc(F)cc3)=NN2C(=O)c2ccccc2O)c1OC. The molecule has 0 aliphatic carbocycles. The summed E-state index contributed by atoms with van der Waals surface area (Å²) in [7, 11) is 3.00. The fourth-order valence-corrected chi connectivity index (χ4v) is 4.89. The number of thioether (sulfide) groups is 1. The zero-order valence-corrected chi connectivity index (χ0v) is 21.5. The summed E-state index contributed by atoms with van der Waals surface area (Å²) in [4.78, 5) is 25.7. The molecule has 0 radical (unpaired) electrons. The second-order valence-corrected chi connectivity index (χ2v) is 9.13. The van der Waals surface area contributed by atoms with Crippen LogP contribution >= 0.6 is 11.8 Å². The molecule has 11 heteroatoms. The molecule has 2 amide bonds. The zero-order chi connectivity index (χ0) is 27.1. The third-order valence-corrected chi connectivity index (χ3v) is 6.76. The lowest BCUT2D eigenvalue weighted by atomic mass is 10.1. The first kappa shape index (κ1) is 27.0. The summed E-state index contributed by atoms with van der Waals surface area (Å²) < 4.78 is 29.9. The smallest absolute Gasteiger partial charge is 0.279 e. The minimum absolute atomic E-state index is 0.0707. The van der Waals surface area contributed by atoms with Gasteiger partial charge in [0.25, 0.3) is 11.8 Å². The number of phenolic OH excluding ortho intramolecular Hbond substituents is 1. The van der Waals surface area contributed by atoms with Gasteiger partial charge in [0.2, 0.25) is 0 Å². The van der Waals surface area contributed by atoms with Gasteiger partial charge in [-0.2, -0.15) is 5.10 Å². The van der Waals surface area contributed by atoms with Crippen LogP contribution in [-0.2, 0) is 9.53 Å². The number of amides is 2. The van der Waals surface area contributed by atoms with Gasteiger partial charge in [0.15, 0.2) is 18.1 Å². The van der Waals surface area contributed by atoms with Gasteiger partial charge in [0.1, 0.15) is 22.0 Å². The Labute approximate surface area is 223 Å². The Morgan fingerprint density at radius 2 is 1.84 bits per heavy atom. The largest absolute Gasteiger partial charge is 0.507 e. The maximum atomic E-state index is 13.6. The van der Waals surface area contributed by atoms with Gasteiger partial charge >= 0.3 is 0 Å². The zero-order valence-electron chi connectivity index (χ0n) is 20.7. The van der Waals surface area contributed by atoms with Gasteiger partial charge in [-0.15, -0.1) is 0 Å². The first-order chi connectivity index (χ1) is 18.4. The molecule has 1 unspecified atom stereocenters. The van der Waals surface area contributed by atoms with Crippen molar-refractivity contribution in [3.05, 3.63) is 89.2 Å². The highest BCUT2D eigenvalue weighted by molar-refractivity contribution is 8.14. The van der Waals surface area contributed by atoms with Gasteiger partial charge in [0, 0.05) is 24.8 Å². The quantitative estimate of drug-likeness (QED) is 0.376. The van der Waals surface area contributed by atoms with Crippen molar-refractivity contribution in [2.24, 2.45) is 5.10 Å². The first-order valence-corrected chi connectivity index (χ1v) is 12.5. The topological polar surface area (TPSA) is 110 Å². The fourth-order valence-electron chi connectivity index (χ4n) is 3.72. The van der Waals surface area contributed by atoms with Crippen molar-refractivity contribution in [2.75, 3.05) is 34.0 Å². The molecule has 9 nitrogen and oxygen atoms in total. The van der Waals surface area contributed by atoms with E-state index in [0.717, 1.165) is 0 Å². The van der Waals surface area contributed by atoms with E-state index in [0.29, 0.717) is 40.8 Å². The van der Waals surface area contributed by atoms with Crippen LogP contribution in [0.2, 0.25) is 0 Å². The second kappa shape index (κ2) is 12.4.